The van der Waals surface area contributed by atoms with E-state index in [4.69, 9.17) is 21.1 Å². The fraction of sp³-hybridized carbons (Fsp3) is 0.263. The largest absolute Gasteiger partial charge is 0.493 e. The first-order chi connectivity index (χ1) is 11.2. The van der Waals surface area contributed by atoms with E-state index in [1.807, 2.05) is 18.2 Å². The second-order valence-corrected chi connectivity index (χ2v) is 5.48. The van der Waals surface area contributed by atoms with Gasteiger partial charge in [0, 0.05) is 12.2 Å². The molecule has 2 aromatic carbocycles. The smallest absolute Gasteiger partial charge is 0.180 e. The number of methoxy groups -OCH3 is 1. The Balaban J connectivity index is 2.17. The van der Waals surface area contributed by atoms with Gasteiger partial charge in [0.25, 0.3) is 0 Å². The molecule has 4 heteroatoms. The van der Waals surface area contributed by atoms with E-state index in [9.17, 15) is 0 Å². The fourth-order valence-electron chi connectivity index (χ4n) is 2.36. The van der Waals surface area contributed by atoms with Gasteiger partial charge in [-0.05, 0) is 35.7 Å². The number of hydrogen-bond acceptors (Lipinski definition) is 3. The highest BCUT2D eigenvalue weighted by atomic mass is 35.5. The third-order valence-corrected chi connectivity index (χ3v) is 3.80. The zero-order chi connectivity index (χ0) is 16.7. The van der Waals surface area contributed by atoms with Gasteiger partial charge in [0.05, 0.1) is 12.1 Å². The van der Waals surface area contributed by atoms with Crippen LogP contribution in [0, 0.1) is 0 Å². The molecule has 0 aliphatic rings. The molecule has 1 N–H and O–H groups in total. The van der Waals surface area contributed by atoms with Crippen LogP contribution in [0.5, 0.6) is 11.5 Å². The molecule has 0 aromatic heterocycles. The van der Waals surface area contributed by atoms with Crippen LogP contribution in [0.3, 0.4) is 0 Å². The molecule has 0 aliphatic carbocycles. The monoisotopic (exact) mass is 331 g/mol. The molecule has 0 amide bonds. The van der Waals surface area contributed by atoms with Gasteiger partial charge in [0.15, 0.2) is 11.5 Å². The standard InChI is InChI=1S/C19H22ClNO2/c1-4-10-23-19-16(20)11-14(12-18(19)22-3)13-21-17-9-7-6-8-15(17)5-2/h4,6-9,11-12,21H,1,5,10,13H2,2-3H3. The van der Waals surface area contributed by atoms with Crippen LogP contribution >= 0.6 is 11.6 Å². The summed E-state index contributed by atoms with van der Waals surface area (Å²) in [7, 11) is 1.61. The average Bonchev–Trinajstić information content (AvgIpc) is 2.58. The summed E-state index contributed by atoms with van der Waals surface area (Å²) in [5, 5.41) is 3.98. The Kier molecular flexibility index (Phi) is 6.36. The number of halogens is 1. The lowest BCUT2D eigenvalue weighted by molar-refractivity contribution is 0.326. The predicted octanol–water partition coefficient (Wildman–Crippen LogP) is 5.09. The van der Waals surface area contributed by atoms with Gasteiger partial charge in [-0.2, -0.15) is 0 Å². The number of rotatable bonds is 8. The first-order valence-electron chi connectivity index (χ1n) is 7.61. The van der Waals surface area contributed by atoms with E-state index in [0.29, 0.717) is 29.7 Å². The predicted molar refractivity (Wildman–Crippen MR) is 96.8 cm³/mol. The van der Waals surface area contributed by atoms with Crippen molar-refractivity contribution >= 4 is 17.3 Å². The highest BCUT2D eigenvalue weighted by Gasteiger charge is 2.12. The van der Waals surface area contributed by atoms with Crippen molar-refractivity contribution in [3.63, 3.8) is 0 Å². The quantitative estimate of drug-likeness (QED) is 0.683. The Morgan fingerprint density at radius 1 is 1.26 bits per heavy atom. The third-order valence-electron chi connectivity index (χ3n) is 3.52. The molecule has 0 saturated carbocycles. The minimum absolute atomic E-state index is 0.386. The molecule has 0 heterocycles. The first kappa shape index (κ1) is 17.2. The van der Waals surface area contributed by atoms with Crippen molar-refractivity contribution in [3.8, 4) is 11.5 Å². The van der Waals surface area contributed by atoms with Gasteiger partial charge < -0.3 is 14.8 Å². The molecule has 122 valence electrons. The normalized spacial score (nSPS) is 10.2. The van der Waals surface area contributed by atoms with Crippen molar-refractivity contribution in [1.82, 2.24) is 0 Å². The Morgan fingerprint density at radius 2 is 2.04 bits per heavy atom. The summed E-state index contributed by atoms with van der Waals surface area (Å²) in [6.07, 6.45) is 2.66. The third kappa shape index (κ3) is 4.42. The average molecular weight is 332 g/mol. The Labute approximate surface area is 142 Å². The number of hydrogen-bond donors (Lipinski definition) is 1. The number of para-hydroxylation sites is 1. The molecule has 0 unspecified atom stereocenters. The van der Waals surface area contributed by atoms with Crippen molar-refractivity contribution in [2.75, 3.05) is 19.0 Å². The van der Waals surface area contributed by atoms with Gasteiger partial charge in [0.2, 0.25) is 0 Å². The Hall–Kier alpha value is -2.13. The molecule has 0 bridgehead atoms. The summed E-state index contributed by atoms with van der Waals surface area (Å²) < 4.78 is 11.0. The molecule has 23 heavy (non-hydrogen) atoms. The molecule has 0 saturated heterocycles. The van der Waals surface area contributed by atoms with Crippen LogP contribution in [0.2, 0.25) is 5.02 Å². The SMILES string of the molecule is C=CCOc1c(Cl)cc(CNc2ccccc2CC)cc1OC. The maximum Gasteiger partial charge on any atom is 0.180 e. The van der Waals surface area contributed by atoms with E-state index in [2.05, 4.69) is 37.0 Å². The van der Waals surface area contributed by atoms with Crippen LogP contribution in [0.15, 0.2) is 49.1 Å². The zero-order valence-corrected chi connectivity index (χ0v) is 14.3. The molecule has 3 nitrogen and oxygen atoms in total. The van der Waals surface area contributed by atoms with Crippen molar-refractivity contribution in [3.05, 3.63) is 65.2 Å². The lowest BCUT2D eigenvalue weighted by Crippen LogP contribution is -2.04. The van der Waals surface area contributed by atoms with Gasteiger partial charge in [-0.3, -0.25) is 0 Å². The van der Waals surface area contributed by atoms with Gasteiger partial charge >= 0.3 is 0 Å². The van der Waals surface area contributed by atoms with Gasteiger partial charge in [-0.25, -0.2) is 0 Å². The summed E-state index contributed by atoms with van der Waals surface area (Å²) in [4.78, 5) is 0. The Morgan fingerprint density at radius 3 is 2.74 bits per heavy atom. The molecule has 0 aliphatic heterocycles. The highest BCUT2D eigenvalue weighted by Crippen LogP contribution is 2.36. The second-order valence-electron chi connectivity index (χ2n) is 5.07. The van der Waals surface area contributed by atoms with Gasteiger partial charge in [-0.15, -0.1) is 0 Å². The maximum absolute atomic E-state index is 6.32. The summed E-state index contributed by atoms with van der Waals surface area (Å²) >= 11 is 6.32. The molecular formula is C19H22ClNO2. The van der Waals surface area contributed by atoms with Crippen molar-refractivity contribution in [2.45, 2.75) is 19.9 Å². The summed E-state index contributed by atoms with van der Waals surface area (Å²) in [6.45, 7) is 6.83. The van der Waals surface area contributed by atoms with Crippen LogP contribution in [0.1, 0.15) is 18.1 Å². The highest BCUT2D eigenvalue weighted by molar-refractivity contribution is 6.32. The minimum atomic E-state index is 0.386. The fourth-order valence-corrected chi connectivity index (χ4v) is 2.64. The van der Waals surface area contributed by atoms with Crippen LogP contribution in [-0.4, -0.2) is 13.7 Å². The molecule has 0 fully saturated rings. The summed E-state index contributed by atoms with van der Waals surface area (Å²) in [5.41, 5.74) is 3.46. The number of anilines is 1. The van der Waals surface area contributed by atoms with E-state index >= 15 is 0 Å². The summed E-state index contributed by atoms with van der Waals surface area (Å²) in [6, 6.07) is 12.1. The van der Waals surface area contributed by atoms with E-state index in [1.165, 1.54) is 5.56 Å². The van der Waals surface area contributed by atoms with Gasteiger partial charge in [-0.1, -0.05) is 49.4 Å². The molecule has 0 atom stereocenters. The van der Waals surface area contributed by atoms with Crippen molar-refractivity contribution in [2.24, 2.45) is 0 Å². The summed E-state index contributed by atoms with van der Waals surface area (Å²) in [5.74, 6) is 1.17. The van der Waals surface area contributed by atoms with Crippen LogP contribution in [0.4, 0.5) is 5.69 Å². The number of nitrogens with one attached hydrogen (secondary N) is 1. The van der Waals surface area contributed by atoms with Crippen LogP contribution in [-0.2, 0) is 13.0 Å². The van der Waals surface area contributed by atoms with Crippen LogP contribution < -0.4 is 14.8 Å². The maximum atomic E-state index is 6.32. The topological polar surface area (TPSA) is 30.5 Å². The van der Waals surface area contributed by atoms with E-state index in [0.717, 1.165) is 17.7 Å². The second kappa shape index (κ2) is 8.49. The lowest BCUT2D eigenvalue weighted by atomic mass is 10.1. The van der Waals surface area contributed by atoms with Gasteiger partial charge in [0.1, 0.15) is 6.61 Å². The molecule has 2 rings (SSSR count). The van der Waals surface area contributed by atoms with Crippen LogP contribution in [0.25, 0.3) is 0 Å². The minimum Gasteiger partial charge on any atom is -0.493 e. The number of aryl methyl sites for hydroxylation is 1. The molecule has 2 aromatic rings. The van der Waals surface area contributed by atoms with Crippen molar-refractivity contribution < 1.29 is 9.47 Å². The zero-order valence-electron chi connectivity index (χ0n) is 13.6. The Bertz CT molecular complexity index is 670. The lowest BCUT2D eigenvalue weighted by Gasteiger charge is -2.15. The molecule has 0 spiro atoms. The van der Waals surface area contributed by atoms with Crippen molar-refractivity contribution in [1.29, 1.82) is 0 Å². The number of benzene rings is 2. The van der Waals surface area contributed by atoms with E-state index < -0.39 is 0 Å². The van der Waals surface area contributed by atoms with E-state index in [-0.39, 0.29) is 0 Å². The molecule has 0 radical (unpaired) electrons. The van der Waals surface area contributed by atoms with E-state index in [1.54, 1.807) is 13.2 Å². The number of ether oxygens (including phenoxy) is 2. The molecular weight excluding hydrogens is 310 g/mol. The first-order valence-corrected chi connectivity index (χ1v) is 7.99.